The Morgan fingerprint density at radius 3 is 2.93 bits per heavy atom. The first kappa shape index (κ1) is 11.5. The van der Waals surface area contributed by atoms with Gasteiger partial charge in [0.1, 0.15) is 0 Å². The molecule has 0 amide bonds. The molecule has 0 spiro atoms. The molecule has 78 valence electrons. The number of ether oxygens (including phenoxy) is 1. The standard InChI is InChI=1S/C11H16BrNO/c1-9-10(12)5-3-6-11(9)13-7-4-8-14-2/h3,5-6,13H,4,7-8H2,1-2H3. The zero-order valence-corrected chi connectivity index (χ0v) is 10.2. The molecule has 0 heterocycles. The fourth-order valence-corrected chi connectivity index (χ4v) is 1.60. The van der Waals surface area contributed by atoms with E-state index in [1.807, 2.05) is 6.07 Å². The fraction of sp³-hybridized carbons (Fsp3) is 0.455. The molecule has 2 nitrogen and oxygen atoms in total. The molecule has 0 aliphatic carbocycles. The minimum Gasteiger partial charge on any atom is -0.385 e. The van der Waals surface area contributed by atoms with E-state index in [0.29, 0.717) is 0 Å². The molecule has 0 saturated carbocycles. The van der Waals surface area contributed by atoms with E-state index >= 15 is 0 Å². The van der Waals surface area contributed by atoms with Crippen LogP contribution in [0.3, 0.4) is 0 Å². The van der Waals surface area contributed by atoms with Gasteiger partial charge >= 0.3 is 0 Å². The van der Waals surface area contributed by atoms with Gasteiger partial charge in [0, 0.05) is 30.4 Å². The molecule has 3 heteroatoms. The van der Waals surface area contributed by atoms with Crippen LogP contribution in [0.1, 0.15) is 12.0 Å². The van der Waals surface area contributed by atoms with Gasteiger partial charge in [0.25, 0.3) is 0 Å². The first-order valence-corrected chi connectivity index (χ1v) is 5.53. The summed E-state index contributed by atoms with van der Waals surface area (Å²) in [7, 11) is 1.73. The third-order valence-corrected chi connectivity index (χ3v) is 2.97. The van der Waals surface area contributed by atoms with E-state index in [2.05, 4.69) is 40.3 Å². The minimum atomic E-state index is 0.806. The molecule has 1 aromatic rings. The van der Waals surface area contributed by atoms with Crippen molar-refractivity contribution >= 4 is 21.6 Å². The van der Waals surface area contributed by atoms with Crippen LogP contribution in [0.4, 0.5) is 5.69 Å². The van der Waals surface area contributed by atoms with Crippen molar-refractivity contribution in [1.82, 2.24) is 0 Å². The van der Waals surface area contributed by atoms with Crippen molar-refractivity contribution in [1.29, 1.82) is 0 Å². The molecular weight excluding hydrogens is 242 g/mol. The van der Waals surface area contributed by atoms with E-state index in [-0.39, 0.29) is 0 Å². The summed E-state index contributed by atoms with van der Waals surface area (Å²) in [6, 6.07) is 6.18. The van der Waals surface area contributed by atoms with Crippen molar-refractivity contribution in [3.63, 3.8) is 0 Å². The van der Waals surface area contributed by atoms with Crippen LogP contribution >= 0.6 is 15.9 Å². The van der Waals surface area contributed by atoms with Crippen molar-refractivity contribution in [3.05, 3.63) is 28.2 Å². The SMILES string of the molecule is COCCCNc1cccc(Br)c1C. The molecule has 0 aromatic heterocycles. The fourth-order valence-electron chi connectivity index (χ4n) is 1.24. The van der Waals surface area contributed by atoms with Gasteiger partial charge in [0.05, 0.1) is 0 Å². The summed E-state index contributed by atoms with van der Waals surface area (Å²) in [4.78, 5) is 0. The Morgan fingerprint density at radius 2 is 2.21 bits per heavy atom. The Hall–Kier alpha value is -0.540. The van der Waals surface area contributed by atoms with Crippen LogP contribution in [0, 0.1) is 6.92 Å². The molecular formula is C11H16BrNO. The minimum absolute atomic E-state index is 0.806. The summed E-state index contributed by atoms with van der Waals surface area (Å²) in [6.45, 7) is 3.86. The second-order valence-electron chi connectivity index (χ2n) is 3.19. The maximum Gasteiger partial charge on any atom is 0.0479 e. The quantitative estimate of drug-likeness (QED) is 0.819. The summed E-state index contributed by atoms with van der Waals surface area (Å²) >= 11 is 3.50. The summed E-state index contributed by atoms with van der Waals surface area (Å²) in [5.74, 6) is 0. The second kappa shape index (κ2) is 6.04. The predicted octanol–water partition coefficient (Wildman–Crippen LogP) is 3.21. The van der Waals surface area contributed by atoms with Gasteiger partial charge in [-0.1, -0.05) is 22.0 Å². The molecule has 0 bridgehead atoms. The topological polar surface area (TPSA) is 21.3 Å². The molecule has 1 rings (SSSR count). The first-order valence-electron chi connectivity index (χ1n) is 4.73. The third-order valence-electron chi connectivity index (χ3n) is 2.11. The highest BCUT2D eigenvalue weighted by molar-refractivity contribution is 9.10. The Bertz CT molecular complexity index is 289. The van der Waals surface area contributed by atoms with E-state index < -0.39 is 0 Å². The number of anilines is 1. The number of rotatable bonds is 5. The van der Waals surface area contributed by atoms with Crippen molar-refractivity contribution in [2.75, 3.05) is 25.6 Å². The highest BCUT2D eigenvalue weighted by Crippen LogP contribution is 2.23. The average Bonchev–Trinajstić information content (AvgIpc) is 2.19. The lowest BCUT2D eigenvalue weighted by Gasteiger charge is -2.10. The van der Waals surface area contributed by atoms with Crippen molar-refractivity contribution in [3.8, 4) is 0 Å². The lowest BCUT2D eigenvalue weighted by Crippen LogP contribution is -2.05. The number of hydrogen-bond donors (Lipinski definition) is 1. The summed E-state index contributed by atoms with van der Waals surface area (Å²) in [5, 5.41) is 3.38. The Labute approximate surface area is 93.8 Å². The summed E-state index contributed by atoms with van der Waals surface area (Å²) in [6.07, 6.45) is 1.03. The van der Waals surface area contributed by atoms with E-state index in [1.54, 1.807) is 7.11 Å². The van der Waals surface area contributed by atoms with Crippen LogP contribution < -0.4 is 5.32 Å². The number of nitrogens with one attached hydrogen (secondary N) is 1. The smallest absolute Gasteiger partial charge is 0.0479 e. The molecule has 0 saturated heterocycles. The predicted molar refractivity (Wildman–Crippen MR) is 63.9 cm³/mol. The number of methoxy groups -OCH3 is 1. The average molecular weight is 258 g/mol. The van der Waals surface area contributed by atoms with Crippen LogP contribution in [0.15, 0.2) is 22.7 Å². The summed E-state index contributed by atoms with van der Waals surface area (Å²) in [5.41, 5.74) is 2.44. The molecule has 0 aliphatic heterocycles. The molecule has 1 aromatic carbocycles. The van der Waals surface area contributed by atoms with E-state index in [1.165, 1.54) is 11.3 Å². The van der Waals surface area contributed by atoms with Gasteiger partial charge in [-0.05, 0) is 31.0 Å². The third kappa shape index (κ3) is 3.31. The molecule has 0 aliphatic rings. The second-order valence-corrected chi connectivity index (χ2v) is 4.04. The monoisotopic (exact) mass is 257 g/mol. The molecule has 0 atom stereocenters. The Balaban J connectivity index is 2.46. The molecule has 1 N–H and O–H groups in total. The van der Waals surface area contributed by atoms with Gasteiger partial charge in [-0.3, -0.25) is 0 Å². The molecule has 0 unspecified atom stereocenters. The van der Waals surface area contributed by atoms with Crippen molar-refractivity contribution < 1.29 is 4.74 Å². The van der Waals surface area contributed by atoms with Crippen LogP contribution in [-0.4, -0.2) is 20.3 Å². The molecule has 0 radical (unpaired) electrons. The zero-order chi connectivity index (χ0) is 10.4. The van der Waals surface area contributed by atoms with Crippen molar-refractivity contribution in [2.24, 2.45) is 0 Å². The van der Waals surface area contributed by atoms with Gasteiger partial charge < -0.3 is 10.1 Å². The largest absolute Gasteiger partial charge is 0.385 e. The lowest BCUT2D eigenvalue weighted by molar-refractivity contribution is 0.198. The van der Waals surface area contributed by atoms with Gasteiger partial charge in [0.15, 0.2) is 0 Å². The number of hydrogen-bond acceptors (Lipinski definition) is 2. The van der Waals surface area contributed by atoms with Crippen LogP contribution in [-0.2, 0) is 4.74 Å². The number of halogens is 1. The maximum atomic E-state index is 4.98. The van der Waals surface area contributed by atoms with E-state index in [0.717, 1.165) is 24.0 Å². The highest BCUT2D eigenvalue weighted by atomic mass is 79.9. The van der Waals surface area contributed by atoms with E-state index in [9.17, 15) is 0 Å². The van der Waals surface area contributed by atoms with Gasteiger partial charge in [-0.15, -0.1) is 0 Å². The van der Waals surface area contributed by atoms with Gasteiger partial charge in [-0.2, -0.15) is 0 Å². The van der Waals surface area contributed by atoms with Crippen LogP contribution in [0.25, 0.3) is 0 Å². The molecule has 14 heavy (non-hydrogen) atoms. The Kier molecular flexibility index (Phi) is 4.98. The van der Waals surface area contributed by atoms with Gasteiger partial charge in [-0.25, -0.2) is 0 Å². The maximum absolute atomic E-state index is 4.98. The van der Waals surface area contributed by atoms with E-state index in [4.69, 9.17) is 4.74 Å². The first-order chi connectivity index (χ1) is 6.75. The Morgan fingerprint density at radius 1 is 1.43 bits per heavy atom. The lowest BCUT2D eigenvalue weighted by atomic mass is 10.2. The highest BCUT2D eigenvalue weighted by Gasteiger charge is 1.99. The zero-order valence-electron chi connectivity index (χ0n) is 8.64. The normalized spacial score (nSPS) is 10.2. The number of benzene rings is 1. The van der Waals surface area contributed by atoms with Crippen LogP contribution in [0.5, 0.6) is 0 Å². The summed E-state index contributed by atoms with van der Waals surface area (Å²) < 4.78 is 6.13. The molecule has 0 fully saturated rings. The van der Waals surface area contributed by atoms with Crippen LogP contribution in [0.2, 0.25) is 0 Å². The van der Waals surface area contributed by atoms with Crippen molar-refractivity contribution in [2.45, 2.75) is 13.3 Å². The van der Waals surface area contributed by atoms with Gasteiger partial charge in [0.2, 0.25) is 0 Å².